The number of fused-ring (bicyclic) bond motifs is 1. The first-order chi connectivity index (χ1) is 7.03. The smallest absolute Gasteiger partial charge is 0.253 e. The van der Waals surface area contributed by atoms with Crippen molar-refractivity contribution in [1.82, 2.24) is 0 Å². The molecule has 0 aromatic carbocycles. The molecule has 1 N–H and O–H groups in total. The molecule has 86 valence electrons. The van der Waals surface area contributed by atoms with Gasteiger partial charge in [-0.3, -0.25) is 0 Å². The fourth-order valence-electron chi connectivity index (χ4n) is 2.31. The molecule has 1 aliphatic heterocycles. The zero-order chi connectivity index (χ0) is 11.1. The summed E-state index contributed by atoms with van der Waals surface area (Å²) < 4.78 is 31.3. The van der Waals surface area contributed by atoms with E-state index in [-0.39, 0.29) is 25.3 Å². The molecule has 0 radical (unpaired) electrons. The van der Waals surface area contributed by atoms with Gasteiger partial charge in [-0.2, -0.15) is 0 Å². The van der Waals surface area contributed by atoms with Gasteiger partial charge < -0.3 is 14.5 Å². The predicted octanol–water partition coefficient (Wildman–Crippen LogP) is 0.956. The summed E-state index contributed by atoms with van der Waals surface area (Å²) in [5, 5.41) is 12.6. The van der Waals surface area contributed by atoms with Crippen LogP contribution in [-0.2, 0) is 9.36 Å². The Hall–Kier alpha value is -0.320. The van der Waals surface area contributed by atoms with E-state index in [1.54, 1.807) is 0 Å². The number of rotatable bonds is 3. The predicted molar refractivity (Wildman–Crippen MR) is 51.7 cm³/mol. The van der Waals surface area contributed by atoms with E-state index in [0.717, 1.165) is 0 Å². The Balaban J connectivity index is 2.23. The van der Waals surface area contributed by atoms with Gasteiger partial charge in [0.25, 0.3) is 5.92 Å². The Morgan fingerprint density at radius 2 is 2.40 bits per heavy atom. The van der Waals surface area contributed by atoms with Crippen LogP contribution >= 0.6 is 9.47 Å². The van der Waals surface area contributed by atoms with Crippen molar-refractivity contribution in [2.75, 3.05) is 13.2 Å². The maximum absolute atomic E-state index is 13.3. The summed E-state index contributed by atoms with van der Waals surface area (Å²) in [6.07, 6.45) is -0.744. The van der Waals surface area contributed by atoms with Crippen LogP contribution in [0.25, 0.3) is 0 Å². The van der Waals surface area contributed by atoms with Gasteiger partial charge in [0.1, 0.15) is 0 Å². The summed E-state index contributed by atoms with van der Waals surface area (Å²) in [6, 6.07) is 0. The van der Waals surface area contributed by atoms with E-state index >= 15 is 0 Å². The molecule has 4 nitrogen and oxygen atoms in total. The normalized spacial score (nSPS) is 37.3. The highest BCUT2D eigenvalue weighted by Crippen LogP contribution is 2.51. The molecule has 3 atom stereocenters. The molecule has 1 aliphatic carbocycles. The molecular formula is C8H12F2NO3P. The van der Waals surface area contributed by atoms with Gasteiger partial charge in [-0.1, -0.05) is 5.16 Å². The summed E-state index contributed by atoms with van der Waals surface area (Å²) >= 11 is 0. The van der Waals surface area contributed by atoms with Crippen molar-refractivity contribution < 1.29 is 23.2 Å². The van der Waals surface area contributed by atoms with E-state index in [1.807, 2.05) is 9.47 Å². The molecule has 2 rings (SSSR count). The number of aliphatic hydroxyl groups excluding tert-OH is 1. The number of hydrogen-bond donors (Lipinski definition) is 1. The molecule has 7 heteroatoms. The first-order valence-corrected chi connectivity index (χ1v) is 5.05. The average Bonchev–Trinajstić information content (AvgIpc) is 2.56. The van der Waals surface area contributed by atoms with Crippen LogP contribution in [0.4, 0.5) is 8.78 Å². The van der Waals surface area contributed by atoms with Gasteiger partial charge in [0.05, 0.1) is 31.3 Å². The third kappa shape index (κ3) is 1.75. The third-order valence-corrected chi connectivity index (χ3v) is 3.10. The third-order valence-electron chi connectivity index (χ3n) is 2.93. The standard InChI is InChI=1S/C8H12F2NO3P/c9-8(10)1-5-6(2-12)11-14-7(5,3-8)4-13-15/h5,12H,1-4,15H2/t5-,7+/m1/s1. The Kier molecular flexibility index (Phi) is 2.69. The Bertz CT molecular complexity index is 300. The number of oxime groups is 1. The minimum Gasteiger partial charge on any atom is -0.390 e. The molecule has 0 amide bonds. The molecule has 0 bridgehead atoms. The van der Waals surface area contributed by atoms with Crippen LogP contribution in [0.15, 0.2) is 5.16 Å². The van der Waals surface area contributed by atoms with Crippen molar-refractivity contribution in [2.24, 2.45) is 11.1 Å². The summed E-state index contributed by atoms with van der Waals surface area (Å²) in [5.74, 6) is -3.32. The number of aliphatic hydroxyl groups is 1. The highest BCUT2D eigenvalue weighted by atomic mass is 31.0. The highest BCUT2D eigenvalue weighted by molar-refractivity contribution is 7.09. The maximum atomic E-state index is 13.3. The van der Waals surface area contributed by atoms with Crippen molar-refractivity contribution in [3.8, 4) is 0 Å². The number of halogens is 2. The van der Waals surface area contributed by atoms with Crippen molar-refractivity contribution in [3.05, 3.63) is 0 Å². The lowest BCUT2D eigenvalue weighted by atomic mass is 9.89. The number of nitrogens with zero attached hydrogens (tertiary/aromatic N) is 1. The van der Waals surface area contributed by atoms with Gasteiger partial charge >= 0.3 is 0 Å². The Morgan fingerprint density at radius 3 is 3.00 bits per heavy atom. The van der Waals surface area contributed by atoms with Gasteiger partial charge in [-0.05, 0) is 0 Å². The molecule has 0 aromatic rings. The van der Waals surface area contributed by atoms with Gasteiger partial charge in [0.2, 0.25) is 0 Å². The van der Waals surface area contributed by atoms with Crippen LogP contribution in [0.3, 0.4) is 0 Å². The van der Waals surface area contributed by atoms with Crippen LogP contribution in [0, 0.1) is 5.92 Å². The van der Waals surface area contributed by atoms with Crippen molar-refractivity contribution >= 4 is 15.2 Å². The van der Waals surface area contributed by atoms with Crippen LogP contribution in [-0.4, -0.2) is 35.6 Å². The molecule has 1 unspecified atom stereocenters. The number of hydrogen-bond acceptors (Lipinski definition) is 4. The second-order valence-electron chi connectivity index (χ2n) is 4.00. The Morgan fingerprint density at radius 1 is 1.67 bits per heavy atom. The van der Waals surface area contributed by atoms with Crippen LogP contribution < -0.4 is 0 Å². The van der Waals surface area contributed by atoms with Gasteiger partial charge in [-0.15, -0.1) is 0 Å². The zero-order valence-corrected chi connectivity index (χ0v) is 9.10. The lowest BCUT2D eigenvalue weighted by Crippen LogP contribution is -2.39. The SMILES string of the molecule is OCC1=NO[C@]2(COP)CC(F)(F)C[C@H]12. The first-order valence-electron chi connectivity index (χ1n) is 4.58. The largest absolute Gasteiger partial charge is 0.390 e. The van der Waals surface area contributed by atoms with Crippen LogP contribution in [0.5, 0.6) is 0 Å². The average molecular weight is 239 g/mol. The molecule has 2 aliphatic rings. The maximum Gasteiger partial charge on any atom is 0.253 e. The second-order valence-corrected chi connectivity index (χ2v) is 4.33. The molecule has 15 heavy (non-hydrogen) atoms. The second kappa shape index (κ2) is 3.61. The minimum absolute atomic E-state index is 0.0327. The summed E-state index contributed by atoms with van der Waals surface area (Å²) in [4.78, 5) is 5.05. The quantitative estimate of drug-likeness (QED) is 0.746. The molecule has 1 saturated carbocycles. The molecule has 0 spiro atoms. The summed E-state index contributed by atoms with van der Waals surface area (Å²) in [7, 11) is 2.01. The molecule has 1 fully saturated rings. The van der Waals surface area contributed by atoms with Crippen LogP contribution in [0.2, 0.25) is 0 Å². The topological polar surface area (TPSA) is 51.1 Å². The van der Waals surface area contributed by atoms with Crippen LogP contribution in [0.1, 0.15) is 12.8 Å². The molecule has 1 heterocycles. The Labute approximate surface area is 87.9 Å². The summed E-state index contributed by atoms with van der Waals surface area (Å²) in [6.45, 7) is -0.315. The summed E-state index contributed by atoms with van der Waals surface area (Å²) in [5.41, 5.74) is -0.808. The van der Waals surface area contributed by atoms with E-state index in [1.165, 1.54) is 0 Å². The fourth-order valence-corrected chi connectivity index (χ4v) is 2.59. The van der Waals surface area contributed by atoms with Gasteiger partial charge in [0, 0.05) is 15.9 Å². The molecule has 0 saturated heterocycles. The lowest BCUT2D eigenvalue weighted by molar-refractivity contribution is -0.0861. The van der Waals surface area contributed by atoms with Crippen molar-refractivity contribution in [2.45, 2.75) is 24.4 Å². The monoisotopic (exact) mass is 239 g/mol. The van der Waals surface area contributed by atoms with Crippen molar-refractivity contribution in [1.29, 1.82) is 0 Å². The molecular weight excluding hydrogens is 227 g/mol. The van der Waals surface area contributed by atoms with E-state index in [9.17, 15) is 8.78 Å². The van der Waals surface area contributed by atoms with E-state index < -0.39 is 23.9 Å². The highest BCUT2D eigenvalue weighted by Gasteiger charge is 2.62. The van der Waals surface area contributed by atoms with Gasteiger partial charge in [-0.25, -0.2) is 8.78 Å². The first kappa shape index (κ1) is 11.2. The van der Waals surface area contributed by atoms with E-state index in [4.69, 9.17) is 14.5 Å². The zero-order valence-electron chi connectivity index (χ0n) is 7.95. The van der Waals surface area contributed by atoms with E-state index in [0.29, 0.717) is 0 Å². The fraction of sp³-hybridized carbons (Fsp3) is 0.875. The van der Waals surface area contributed by atoms with E-state index in [2.05, 4.69) is 5.16 Å². The number of alkyl halides is 2. The lowest BCUT2D eigenvalue weighted by Gasteiger charge is -2.25. The van der Waals surface area contributed by atoms with Gasteiger partial charge in [0.15, 0.2) is 5.60 Å². The molecule has 0 aromatic heterocycles. The minimum atomic E-state index is -2.77. The van der Waals surface area contributed by atoms with Crippen molar-refractivity contribution in [3.63, 3.8) is 0 Å².